The molecule has 1 atom stereocenters. The van der Waals surface area contributed by atoms with Gasteiger partial charge in [-0.1, -0.05) is 30.3 Å². The third kappa shape index (κ3) is 2.69. The molecule has 0 bridgehead atoms. The standard InChI is InChI=1S/C28H23N3O4/c1-30-26-19(9-8-16-12-23-24(13-20(16)26)35-15-34-23)18-10-11-22(32-2)27(33-3)25(18)28(30)31-21-7-5-4-6-17(21)14-29-31/h4-14,28H,15H2,1-3H3. The van der Waals surface area contributed by atoms with E-state index in [9.17, 15) is 0 Å². The minimum absolute atomic E-state index is 0.241. The molecule has 4 aromatic carbocycles. The highest BCUT2D eigenvalue weighted by atomic mass is 16.7. The van der Waals surface area contributed by atoms with E-state index in [2.05, 4.69) is 53.0 Å². The van der Waals surface area contributed by atoms with Gasteiger partial charge >= 0.3 is 0 Å². The fourth-order valence-electron chi connectivity index (χ4n) is 5.53. The van der Waals surface area contributed by atoms with Gasteiger partial charge in [0.2, 0.25) is 6.79 Å². The van der Waals surface area contributed by atoms with E-state index in [4.69, 9.17) is 24.0 Å². The fraction of sp³-hybridized carbons (Fsp3) is 0.179. The number of para-hydroxylation sites is 1. The Morgan fingerprint density at radius 3 is 2.51 bits per heavy atom. The molecule has 1 unspecified atom stereocenters. The molecule has 2 aliphatic heterocycles. The third-order valence-corrected chi connectivity index (χ3v) is 7.07. The summed E-state index contributed by atoms with van der Waals surface area (Å²) in [5.41, 5.74) is 5.35. The summed E-state index contributed by atoms with van der Waals surface area (Å²) in [5, 5.41) is 8.11. The van der Waals surface area contributed by atoms with E-state index >= 15 is 0 Å². The van der Waals surface area contributed by atoms with Crippen molar-refractivity contribution in [1.29, 1.82) is 0 Å². The highest BCUT2D eigenvalue weighted by molar-refractivity contribution is 6.05. The molecule has 1 aromatic heterocycles. The smallest absolute Gasteiger partial charge is 0.231 e. The molecule has 0 amide bonds. The SMILES string of the molecule is COc1ccc2c(c1OC)C(n1ncc3ccccc31)N(C)c1c-2ccc2cc3c(cc12)OCO3. The highest BCUT2D eigenvalue weighted by Crippen LogP contribution is 2.54. The first kappa shape index (κ1) is 20.0. The minimum Gasteiger partial charge on any atom is -0.493 e. The Morgan fingerprint density at radius 2 is 1.69 bits per heavy atom. The summed E-state index contributed by atoms with van der Waals surface area (Å²) in [6.45, 7) is 0.241. The first-order valence-corrected chi connectivity index (χ1v) is 11.5. The van der Waals surface area contributed by atoms with Crippen LogP contribution in [0.2, 0.25) is 0 Å². The first-order chi connectivity index (χ1) is 17.2. The van der Waals surface area contributed by atoms with Gasteiger partial charge in [-0.3, -0.25) is 0 Å². The van der Waals surface area contributed by atoms with Gasteiger partial charge < -0.3 is 23.8 Å². The number of ether oxygens (including phenoxy) is 4. The number of methoxy groups -OCH3 is 2. The molecule has 7 heteroatoms. The molecule has 174 valence electrons. The Balaban J connectivity index is 1.58. The van der Waals surface area contributed by atoms with Crippen molar-refractivity contribution in [1.82, 2.24) is 9.78 Å². The van der Waals surface area contributed by atoms with Crippen molar-refractivity contribution in [2.24, 2.45) is 0 Å². The molecule has 0 spiro atoms. The van der Waals surface area contributed by atoms with Crippen LogP contribution in [-0.2, 0) is 0 Å². The van der Waals surface area contributed by atoms with Crippen molar-refractivity contribution in [3.05, 3.63) is 72.4 Å². The number of rotatable bonds is 3. The van der Waals surface area contributed by atoms with Crippen LogP contribution in [0.5, 0.6) is 23.0 Å². The lowest BCUT2D eigenvalue weighted by atomic mass is 9.88. The zero-order valence-electron chi connectivity index (χ0n) is 19.6. The molecule has 5 aromatic rings. The molecule has 0 saturated carbocycles. The van der Waals surface area contributed by atoms with Gasteiger partial charge in [-0.05, 0) is 41.3 Å². The Morgan fingerprint density at radius 1 is 0.886 bits per heavy atom. The third-order valence-electron chi connectivity index (χ3n) is 7.07. The van der Waals surface area contributed by atoms with Gasteiger partial charge in [0.1, 0.15) is 0 Å². The molecule has 0 fully saturated rings. The topological polar surface area (TPSA) is 58.0 Å². The zero-order chi connectivity index (χ0) is 23.7. The van der Waals surface area contributed by atoms with Crippen LogP contribution < -0.4 is 23.8 Å². The van der Waals surface area contributed by atoms with E-state index in [-0.39, 0.29) is 13.0 Å². The second-order valence-electron chi connectivity index (χ2n) is 8.78. The number of anilines is 1. The molecular formula is C28H23N3O4. The van der Waals surface area contributed by atoms with Gasteiger partial charge in [-0.25, -0.2) is 4.68 Å². The summed E-state index contributed by atoms with van der Waals surface area (Å²) in [4.78, 5) is 2.27. The van der Waals surface area contributed by atoms with Crippen LogP contribution in [0.4, 0.5) is 5.69 Å². The van der Waals surface area contributed by atoms with Crippen molar-refractivity contribution in [3.63, 3.8) is 0 Å². The molecular weight excluding hydrogens is 442 g/mol. The Bertz CT molecular complexity index is 1640. The second kappa shape index (κ2) is 7.30. The molecule has 3 heterocycles. The maximum Gasteiger partial charge on any atom is 0.231 e. The Kier molecular flexibility index (Phi) is 4.18. The molecule has 0 aliphatic carbocycles. The summed E-state index contributed by atoms with van der Waals surface area (Å²) in [6, 6.07) is 20.8. The first-order valence-electron chi connectivity index (χ1n) is 11.5. The van der Waals surface area contributed by atoms with Gasteiger partial charge in [0.15, 0.2) is 29.2 Å². The normalized spacial score (nSPS) is 15.9. The van der Waals surface area contributed by atoms with Gasteiger partial charge in [0.25, 0.3) is 0 Å². The lowest BCUT2D eigenvalue weighted by molar-refractivity contribution is 0.174. The predicted molar refractivity (Wildman–Crippen MR) is 135 cm³/mol. The number of nitrogens with zero attached hydrogens (tertiary/aromatic N) is 3. The summed E-state index contributed by atoms with van der Waals surface area (Å²) < 4.78 is 25.1. The number of hydrogen-bond donors (Lipinski definition) is 0. The average Bonchev–Trinajstić information content (AvgIpc) is 3.53. The van der Waals surface area contributed by atoms with E-state index in [1.54, 1.807) is 14.2 Å². The monoisotopic (exact) mass is 465 g/mol. The average molecular weight is 466 g/mol. The van der Waals surface area contributed by atoms with Crippen LogP contribution in [-0.4, -0.2) is 37.8 Å². The maximum absolute atomic E-state index is 5.96. The summed E-state index contributed by atoms with van der Waals surface area (Å²) in [6.07, 6.45) is 1.64. The van der Waals surface area contributed by atoms with Crippen LogP contribution in [0.15, 0.2) is 66.9 Å². The predicted octanol–water partition coefficient (Wildman–Crippen LogP) is 5.60. The molecule has 0 radical (unpaired) electrons. The van der Waals surface area contributed by atoms with Gasteiger partial charge in [0, 0.05) is 23.4 Å². The van der Waals surface area contributed by atoms with Crippen LogP contribution in [0, 0.1) is 0 Å². The number of hydrogen-bond acceptors (Lipinski definition) is 6. The van der Waals surface area contributed by atoms with Crippen molar-refractivity contribution < 1.29 is 18.9 Å². The lowest BCUT2D eigenvalue weighted by Crippen LogP contribution is -2.34. The van der Waals surface area contributed by atoms with Crippen molar-refractivity contribution in [3.8, 4) is 34.1 Å². The van der Waals surface area contributed by atoms with Crippen LogP contribution in [0.3, 0.4) is 0 Å². The van der Waals surface area contributed by atoms with Crippen LogP contribution >= 0.6 is 0 Å². The molecule has 7 nitrogen and oxygen atoms in total. The number of fused-ring (bicyclic) bond motifs is 7. The van der Waals surface area contributed by atoms with Crippen LogP contribution in [0.1, 0.15) is 11.7 Å². The van der Waals surface area contributed by atoms with E-state index < -0.39 is 0 Å². The minimum atomic E-state index is -0.265. The molecule has 2 aliphatic rings. The lowest BCUT2D eigenvalue weighted by Gasteiger charge is -2.39. The molecule has 0 saturated heterocycles. The van der Waals surface area contributed by atoms with Crippen molar-refractivity contribution in [2.45, 2.75) is 6.17 Å². The van der Waals surface area contributed by atoms with E-state index in [1.807, 2.05) is 30.5 Å². The summed E-state index contributed by atoms with van der Waals surface area (Å²) in [5.74, 6) is 2.93. The number of benzene rings is 4. The van der Waals surface area contributed by atoms with Crippen LogP contribution in [0.25, 0.3) is 32.8 Å². The Hall–Kier alpha value is -4.39. The molecule has 0 N–H and O–H groups in total. The quantitative estimate of drug-likeness (QED) is 0.346. The zero-order valence-corrected chi connectivity index (χ0v) is 19.6. The largest absolute Gasteiger partial charge is 0.493 e. The summed E-state index contributed by atoms with van der Waals surface area (Å²) >= 11 is 0. The second-order valence-corrected chi connectivity index (χ2v) is 8.78. The van der Waals surface area contributed by atoms with E-state index in [0.717, 1.165) is 55.6 Å². The molecule has 7 rings (SSSR count). The number of aromatic nitrogens is 2. The van der Waals surface area contributed by atoms with E-state index in [0.29, 0.717) is 11.5 Å². The fourth-order valence-corrected chi connectivity index (χ4v) is 5.53. The van der Waals surface area contributed by atoms with Gasteiger partial charge in [-0.2, -0.15) is 5.10 Å². The van der Waals surface area contributed by atoms with Gasteiger partial charge in [-0.15, -0.1) is 0 Å². The van der Waals surface area contributed by atoms with Crippen molar-refractivity contribution >= 4 is 27.4 Å². The van der Waals surface area contributed by atoms with Gasteiger partial charge in [0.05, 0.1) is 37.2 Å². The molecule has 35 heavy (non-hydrogen) atoms. The van der Waals surface area contributed by atoms with E-state index in [1.165, 1.54) is 0 Å². The maximum atomic E-state index is 5.96. The summed E-state index contributed by atoms with van der Waals surface area (Å²) in [7, 11) is 5.46. The van der Waals surface area contributed by atoms with Crippen molar-refractivity contribution in [2.75, 3.05) is 33.0 Å². The highest BCUT2D eigenvalue weighted by Gasteiger charge is 2.37. The Labute approximate surface area is 202 Å².